The van der Waals surface area contributed by atoms with E-state index in [0.717, 1.165) is 10.8 Å². The van der Waals surface area contributed by atoms with Gasteiger partial charge in [0.05, 0.1) is 12.8 Å². The summed E-state index contributed by atoms with van der Waals surface area (Å²) in [5.41, 5.74) is 0. The van der Waals surface area contributed by atoms with Crippen molar-refractivity contribution in [3.63, 3.8) is 0 Å². The fourth-order valence-corrected chi connectivity index (χ4v) is 2.65. The van der Waals surface area contributed by atoms with Gasteiger partial charge < -0.3 is 9.41 Å². The Kier molecular flexibility index (Phi) is 4.59. The van der Waals surface area contributed by atoms with Gasteiger partial charge in [-0.2, -0.15) is 0 Å². The van der Waals surface area contributed by atoms with E-state index in [1.54, 1.807) is 19.9 Å². The van der Waals surface area contributed by atoms with Crippen LogP contribution in [0.4, 0.5) is 0 Å². The van der Waals surface area contributed by atoms with Crippen LogP contribution < -0.4 is 4.89 Å². The Morgan fingerprint density at radius 1 is 1.05 bits per heavy atom. The van der Waals surface area contributed by atoms with Crippen LogP contribution in [0.25, 0.3) is 10.8 Å². The second-order valence-corrected chi connectivity index (χ2v) is 6.24. The average Bonchev–Trinajstić information content (AvgIpc) is 2.45. The molecule has 0 amide bonds. The molecular formula is C14H17O4P. The Morgan fingerprint density at radius 3 is 2.53 bits per heavy atom. The lowest BCUT2D eigenvalue weighted by molar-refractivity contribution is -0.111. The minimum atomic E-state index is -3.17. The molecule has 0 bridgehead atoms. The van der Waals surface area contributed by atoms with E-state index in [0.29, 0.717) is 12.4 Å². The van der Waals surface area contributed by atoms with Gasteiger partial charge in [0.1, 0.15) is 0 Å². The lowest BCUT2D eigenvalue weighted by Crippen LogP contribution is -2.01. The Labute approximate surface area is 112 Å². The van der Waals surface area contributed by atoms with Gasteiger partial charge in [0.25, 0.3) is 0 Å². The van der Waals surface area contributed by atoms with E-state index in [4.69, 9.17) is 14.1 Å². The molecule has 0 saturated heterocycles. The SMILES string of the molecule is CCOP(=O)(CC)OOc1cccc2ccccc12. The first kappa shape index (κ1) is 14.1. The molecule has 5 heteroatoms. The van der Waals surface area contributed by atoms with Crippen LogP contribution in [0, 0.1) is 0 Å². The van der Waals surface area contributed by atoms with Gasteiger partial charge in [-0.25, -0.2) is 0 Å². The van der Waals surface area contributed by atoms with Gasteiger partial charge in [0.15, 0.2) is 5.75 Å². The van der Waals surface area contributed by atoms with Gasteiger partial charge in [-0.1, -0.05) is 48.0 Å². The highest BCUT2D eigenvalue weighted by Crippen LogP contribution is 2.48. The number of benzene rings is 2. The topological polar surface area (TPSA) is 44.8 Å². The molecule has 102 valence electrons. The maximum absolute atomic E-state index is 12.1. The highest BCUT2D eigenvalue weighted by atomic mass is 31.2. The molecule has 1 unspecified atom stereocenters. The van der Waals surface area contributed by atoms with Gasteiger partial charge in [-0.3, -0.25) is 4.57 Å². The predicted octanol–water partition coefficient (Wildman–Crippen LogP) is 4.40. The van der Waals surface area contributed by atoms with Gasteiger partial charge in [-0.15, -0.1) is 0 Å². The van der Waals surface area contributed by atoms with Crippen LogP contribution in [0.15, 0.2) is 42.5 Å². The molecule has 0 saturated carbocycles. The number of hydrogen-bond acceptors (Lipinski definition) is 4. The van der Waals surface area contributed by atoms with Crippen molar-refractivity contribution in [2.75, 3.05) is 12.8 Å². The molecule has 19 heavy (non-hydrogen) atoms. The van der Waals surface area contributed by atoms with Crippen LogP contribution in [-0.4, -0.2) is 12.8 Å². The summed E-state index contributed by atoms with van der Waals surface area (Å²) in [4.78, 5) is 5.24. The third kappa shape index (κ3) is 3.35. The summed E-state index contributed by atoms with van der Waals surface area (Å²) in [5, 5.41) is 1.94. The van der Waals surface area contributed by atoms with E-state index >= 15 is 0 Å². The summed E-state index contributed by atoms with van der Waals surface area (Å²) in [6, 6.07) is 13.4. The van der Waals surface area contributed by atoms with Crippen molar-refractivity contribution in [1.29, 1.82) is 0 Å². The van der Waals surface area contributed by atoms with Gasteiger partial charge in [0, 0.05) is 5.39 Å². The number of hydrogen-bond donors (Lipinski definition) is 0. The van der Waals surface area contributed by atoms with E-state index in [9.17, 15) is 4.57 Å². The molecule has 0 spiro atoms. The smallest absolute Gasteiger partial charge is 0.328 e. The standard InChI is InChI=1S/C14H17O4P/c1-3-16-19(15,4-2)18-17-14-11-7-9-12-8-5-6-10-13(12)14/h5-11H,3-4H2,1-2H3. The van der Waals surface area contributed by atoms with Crippen LogP contribution in [0.5, 0.6) is 5.75 Å². The number of fused-ring (bicyclic) bond motifs is 1. The first-order valence-corrected chi connectivity index (χ1v) is 7.99. The van der Waals surface area contributed by atoms with E-state index in [-0.39, 0.29) is 6.16 Å². The van der Waals surface area contributed by atoms with E-state index in [1.807, 2.05) is 36.4 Å². The van der Waals surface area contributed by atoms with Crippen molar-refractivity contribution in [3.05, 3.63) is 42.5 Å². The predicted molar refractivity (Wildman–Crippen MR) is 75.4 cm³/mol. The van der Waals surface area contributed by atoms with Crippen LogP contribution in [0.3, 0.4) is 0 Å². The first-order chi connectivity index (χ1) is 9.18. The summed E-state index contributed by atoms with van der Waals surface area (Å²) >= 11 is 0. The normalized spacial score (nSPS) is 14.2. The molecular weight excluding hydrogens is 263 g/mol. The van der Waals surface area contributed by atoms with Crippen molar-refractivity contribution >= 4 is 18.4 Å². The first-order valence-electron chi connectivity index (χ1n) is 6.26. The van der Waals surface area contributed by atoms with E-state index in [2.05, 4.69) is 0 Å². The zero-order chi connectivity index (χ0) is 13.7. The van der Waals surface area contributed by atoms with Crippen LogP contribution >= 0.6 is 7.60 Å². The van der Waals surface area contributed by atoms with Gasteiger partial charge in [0.2, 0.25) is 0 Å². The highest BCUT2D eigenvalue weighted by molar-refractivity contribution is 7.53. The minimum absolute atomic E-state index is 0.269. The fourth-order valence-electron chi connectivity index (χ4n) is 1.73. The summed E-state index contributed by atoms with van der Waals surface area (Å²) in [6.45, 7) is 3.83. The second kappa shape index (κ2) is 6.20. The van der Waals surface area contributed by atoms with Gasteiger partial charge >= 0.3 is 7.60 Å². The molecule has 4 nitrogen and oxygen atoms in total. The van der Waals surface area contributed by atoms with Crippen molar-refractivity contribution in [2.45, 2.75) is 13.8 Å². The third-order valence-electron chi connectivity index (χ3n) is 2.70. The van der Waals surface area contributed by atoms with Crippen molar-refractivity contribution in [1.82, 2.24) is 0 Å². The monoisotopic (exact) mass is 280 g/mol. The molecule has 0 fully saturated rings. The van der Waals surface area contributed by atoms with Crippen molar-refractivity contribution < 1.29 is 18.7 Å². The summed E-state index contributed by atoms with van der Waals surface area (Å²) in [5.74, 6) is 0.534. The third-order valence-corrected chi connectivity index (χ3v) is 4.43. The molecule has 0 aliphatic rings. The van der Waals surface area contributed by atoms with Crippen molar-refractivity contribution in [2.24, 2.45) is 0 Å². The molecule has 1 atom stereocenters. The average molecular weight is 280 g/mol. The van der Waals surface area contributed by atoms with Crippen molar-refractivity contribution in [3.8, 4) is 5.75 Å². The molecule has 0 aliphatic carbocycles. The Morgan fingerprint density at radius 2 is 1.79 bits per heavy atom. The Bertz CT molecular complexity index is 592. The molecule has 0 radical (unpaired) electrons. The maximum Gasteiger partial charge on any atom is 0.368 e. The quantitative estimate of drug-likeness (QED) is 0.447. The highest BCUT2D eigenvalue weighted by Gasteiger charge is 2.23. The maximum atomic E-state index is 12.1. The largest absolute Gasteiger partial charge is 0.368 e. The Balaban J connectivity index is 2.20. The van der Waals surface area contributed by atoms with Gasteiger partial charge in [-0.05, 0) is 18.4 Å². The molecule has 2 aromatic carbocycles. The molecule has 0 aliphatic heterocycles. The molecule has 0 N–H and O–H groups in total. The van der Waals surface area contributed by atoms with E-state index < -0.39 is 7.60 Å². The minimum Gasteiger partial charge on any atom is -0.328 e. The summed E-state index contributed by atoms with van der Waals surface area (Å²) < 4.78 is 22.3. The molecule has 2 aromatic rings. The number of rotatable bonds is 6. The molecule has 0 heterocycles. The van der Waals surface area contributed by atoms with Crippen LogP contribution in [0.1, 0.15) is 13.8 Å². The lowest BCUT2D eigenvalue weighted by Gasteiger charge is -2.15. The lowest BCUT2D eigenvalue weighted by atomic mass is 10.1. The summed E-state index contributed by atoms with van der Waals surface area (Å²) in [7, 11) is -3.17. The Hall–Kier alpha value is -1.35. The van der Waals surface area contributed by atoms with E-state index in [1.165, 1.54) is 0 Å². The fraction of sp³-hybridized carbons (Fsp3) is 0.286. The zero-order valence-corrected chi connectivity index (χ0v) is 11.9. The van der Waals surface area contributed by atoms with Crippen LogP contribution in [0.2, 0.25) is 0 Å². The summed E-state index contributed by atoms with van der Waals surface area (Å²) in [6.07, 6.45) is 0.269. The second-order valence-electron chi connectivity index (χ2n) is 3.98. The molecule has 2 rings (SSSR count). The zero-order valence-electron chi connectivity index (χ0n) is 11.0. The molecule has 0 aromatic heterocycles. The van der Waals surface area contributed by atoms with Crippen LogP contribution in [-0.2, 0) is 13.8 Å².